The minimum absolute atomic E-state index is 0.906. The standard InChI is InChI=1S/C17H35N/c1-4-6-8-10-13-16(12-9-7-5-2)17-14-11-15-18(17)3/h16-17H,4-15H2,1-3H3/t16?,17-/m0/s1. The summed E-state index contributed by atoms with van der Waals surface area (Å²) in [5, 5.41) is 0. The van der Waals surface area contributed by atoms with Crippen molar-refractivity contribution in [2.24, 2.45) is 5.92 Å². The second kappa shape index (κ2) is 9.83. The lowest BCUT2D eigenvalue weighted by molar-refractivity contribution is 0.200. The first-order chi connectivity index (χ1) is 8.79. The van der Waals surface area contributed by atoms with E-state index in [1.54, 1.807) is 0 Å². The van der Waals surface area contributed by atoms with Crippen molar-refractivity contribution in [3.63, 3.8) is 0 Å². The number of likely N-dealkylation sites (tertiary alicyclic amines) is 1. The summed E-state index contributed by atoms with van der Waals surface area (Å²) in [6.45, 7) is 5.96. The summed E-state index contributed by atoms with van der Waals surface area (Å²) in [6.07, 6.45) is 15.8. The zero-order valence-corrected chi connectivity index (χ0v) is 13.1. The molecule has 1 fully saturated rings. The van der Waals surface area contributed by atoms with Gasteiger partial charge in [0.05, 0.1) is 0 Å². The molecule has 1 nitrogen and oxygen atoms in total. The van der Waals surface area contributed by atoms with Crippen LogP contribution in [-0.2, 0) is 0 Å². The van der Waals surface area contributed by atoms with Gasteiger partial charge in [-0.15, -0.1) is 0 Å². The molecule has 0 spiro atoms. The molecule has 0 N–H and O–H groups in total. The molecule has 1 saturated heterocycles. The molecule has 1 heteroatoms. The molecule has 1 unspecified atom stereocenters. The van der Waals surface area contributed by atoms with Crippen LogP contribution in [0.15, 0.2) is 0 Å². The summed E-state index contributed by atoms with van der Waals surface area (Å²) >= 11 is 0. The first-order valence-corrected chi connectivity index (χ1v) is 8.49. The van der Waals surface area contributed by atoms with Crippen LogP contribution in [0, 0.1) is 5.92 Å². The lowest BCUT2D eigenvalue weighted by atomic mass is 9.87. The highest BCUT2D eigenvalue weighted by molar-refractivity contribution is 4.83. The van der Waals surface area contributed by atoms with Crippen LogP contribution in [0.2, 0.25) is 0 Å². The van der Waals surface area contributed by atoms with Gasteiger partial charge < -0.3 is 4.90 Å². The topological polar surface area (TPSA) is 3.24 Å². The summed E-state index contributed by atoms with van der Waals surface area (Å²) in [7, 11) is 2.34. The molecular formula is C17H35N. The van der Waals surface area contributed by atoms with Crippen molar-refractivity contribution in [1.29, 1.82) is 0 Å². The van der Waals surface area contributed by atoms with Gasteiger partial charge in [0.15, 0.2) is 0 Å². The number of hydrogen-bond donors (Lipinski definition) is 0. The van der Waals surface area contributed by atoms with Crippen molar-refractivity contribution in [2.45, 2.75) is 90.5 Å². The predicted octanol–water partition coefficient (Wildman–Crippen LogP) is 5.25. The minimum Gasteiger partial charge on any atom is -0.303 e. The number of nitrogens with zero attached hydrogens (tertiary/aromatic N) is 1. The Balaban J connectivity index is 2.31. The van der Waals surface area contributed by atoms with Crippen molar-refractivity contribution >= 4 is 0 Å². The highest BCUT2D eigenvalue weighted by atomic mass is 15.1. The van der Waals surface area contributed by atoms with Crippen LogP contribution in [0.1, 0.15) is 84.5 Å². The van der Waals surface area contributed by atoms with E-state index in [0.29, 0.717) is 0 Å². The summed E-state index contributed by atoms with van der Waals surface area (Å²) < 4.78 is 0. The Morgan fingerprint density at radius 1 is 0.944 bits per heavy atom. The van der Waals surface area contributed by atoms with Crippen molar-refractivity contribution in [2.75, 3.05) is 13.6 Å². The molecule has 1 aliphatic rings. The lowest BCUT2D eigenvalue weighted by Gasteiger charge is -2.29. The van der Waals surface area contributed by atoms with E-state index in [2.05, 4.69) is 25.8 Å². The first kappa shape index (κ1) is 16.0. The van der Waals surface area contributed by atoms with Crippen LogP contribution in [0.5, 0.6) is 0 Å². The minimum atomic E-state index is 0.906. The number of hydrogen-bond acceptors (Lipinski definition) is 1. The fraction of sp³-hybridized carbons (Fsp3) is 1.00. The van der Waals surface area contributed by atoms with E-state index < -0.39 is 0 Å². The van der Waals surface area contributed by atoms with Gasteiger partial charge in [-0.25, -0.2) is 0 Å². The average Bonchev–Trinajstić information content (AvgIpc) is 2.79. The maximum absolute atomic E-state index is 2.64. The highest BCUT2D eigenvalue weighted by Crippen LogP contribution is 2.30. The molecule has 1 heterocycles. The molecule has 0 saturated carbocycles. The van der Waals surface area contributed by atoms with Gasteiger partial charge in [0, 0.05) is 6.04 Å². The van der Waals surface area contributed by atoms with Gasteiger partial charge in [-0.05, 0) is 45.2 Å². The van der Waals surface area contributed by atoms with E-state index in [9.17, 15) is 0 Å². The summed E-state index contributed by atoms with van der Waals surface area (Å²) in [5.74, 6) is 0.987. The Labute approximate surface area is 115 Å². The van der Waals surface area contributed by atoms with E-state index in [1.165, 1.54) is 77.2 Å². The van der Waals surface area contributed by atoms with Crippen molar-refractivity contribution in [3.8, 4) is 0 Å². The van der Waals surface area contributed by atoms with E-state index in [4.69, 9.17) is 0 Å². The quantitative estimate of drug-likeness (QED) is 0.481. The number of unbranched alkanes of at least 4 members (excludes halogenated alkanes) is 5. The second-order valence-corrected chi connectivity index (χ2v) is 6.30. The van der Waals surface area contributed by atoms with Gasteiger partial charge in [0.2, 0.25) is 0 Å². The summed E-state index contributed by atoms with van der Waals surface area (Å²) in [6, 6.07) is 0.906. The van der Waals surface area contributed by atoms with Gasteiger partial charge in [-0.2, -0.15) is 0 Å². The van der Waals surface area contributed by atoms with Crippen LogP contribution in [-0.4, -0.2) is 24.5 Å². The fourth-order valence-corrected chi connectivity index (χ4v) is 3.55. The van der Waals surface area contributed by atoms with Gasteiger partial charge in [0.25, 0.3) is 0 Å². The molecule has 2 atom stereocenters. The first-order valence-electron chi connectivity index (χ1n) is 8.49. The maximum atomic E-state index is 2.64. The number of rotatable bonds is 10. The smallest absolute Gasteiger partial charge is 0.0121 e. The second-order valence-electron chi connectivity index (χ2n) is 6.30. The normalized spacial score (nSPS) is 22.5. The van der Waals surface area contributed by atoms with Gasteiger partial charge in [-0.1, -0.05) is 58.8 Å². The molecule has 0 aromatic rings. The zero-order valence-electron chi connectivity index (χ0n) is 13.1. The van der Waals surface area contributed by atoms with Gasteiger partial charge in [-0.3, -0.25) is 0 Å². The third-order valence-corrected chi connectivity index (χ3v) is 4.73. The molecule has 1 rings (SSSR count). The lowest BCUT2D eigenvalue weighted by Crippen LogP contribution is -2.32. The summed E-state index contributed by atoms with van der Waals surface area (Å²) in [5.41, 5.74) is 0. The fourth-order valence-electron chi connectivity index (χ4n) is 3.55. The maximum Gasteiger partial charge on any atom is 0.0121 e. The molecule has 0 radical (unpaired) electrons. The third-order valence-electron chi connectivity index (χ3n) is 4.73. The zero-order chi connectivity index (χ0) is 13.2. The van der Waals surface area contributed by atoms with Gasteiger partial charge in [0.1, 0.15) is 0 Å². The molecule has 0 aliphatic carbocycles. The van der Waals surface area contributed by atoms with Crippen LogP contribution >= 0.6 is 0 Å². The van der Waals surface area contributed by atoms with Crippen LogP contribution in [0.4, 0.5) is 0 Å². The molecule has 0 amide bonds. The third kappa shape index (κ3) is 5.73. The summed E-state index contributed by atoms with van der Waals surface area (Å²) in [4.78, 5) is 2.64. The van der Waals surface area contributed by atoms with Crippen LogP contribution in [0.3, 0.4) is 0 Å². The average molecular weight is 253 g/mol. The molecule has 0 aromatic heterocycles. The Morgan fingerprint density at radius 3 is 2.11 bits per heavy atom. The Kier molecular flexibility index (Phi) is 8.75. The Bertz CT molecular complexity index is 190. The molecule has 18 heavy (non-hydrogen) atoms. The largest absolute Gasteiger partial charge is 0.303 e. The van der Waals surface area contributed by atoms with E-state index in [-0.39, 0.29) is 0 Å². The monoisotopic (exact) mass is 253 g/mol. The predicted molar refractivity (Wildman–Crippen MR) is 82.0 cm³/mol. The van der Waals surface area contributed by atoms with E-state index in [0.717, 1.165) is 12.0 Å². The molecule has 0 bridgehead atoms. The van der Waals surface area contributed by atoms with E-state index in [1.807, 2.05) is 0 Å². The van der Waals surface area contributed by atoms with Crippen molar-refractivity contribution in [1.82, 2.24) is 4.90 Å². The van der Waals surface area contributed by atoms with Crippen LogP contribution < -0.4 is 0 Å². The molecule has 0 aromatic carbocycles. The Hall–Kier alpha value is -0.0400. The van der Waals surface area contributed by atoms with Gasteiger partial charge >= 0.3 is 0 Å². The molecule has 108 valence electrons. The highest BCUT2D eigenvalue weighted by Gasteiger charge is 2.28. The van der Waals surface area contributed by atoms with Crippen molar-refractivity contribution < 1.29 is 0 Å². The van der Waals surface area contributed by atoms with Crippen molar-refractivity contribution in [3.05, 3.63) is 0 Å². The van der Waals surface area contributed by atoms with Crippen LogP contribution in [0.25, 0.3) is 0 Å². The molecular weight excluding hydrogens is 218 g/mol. The van der Waals surface area contributed by atoms with E-state index >= 15 is 0 Å². The Morgan fingerprint density at radius 2 is 1.56 bits per heavy atom. The SMILES string of the molecule is CCCCCCC(CCCCC)[C@@H]1CCCN1C. The molecule has 1 aliphatic heterocycles.